The summed E-state index contributed by atoms with van der Waals surface area (Å²) in [6, 6.07) is 14.1. The standard InChI is InChI=1S/C18H13F3N4O2/c19-18(20,21)27-12-5-3-4-11(8-12)15-9-16(25-17(22)23-10-26)13-6-1-2-7-14(13)24-15/h1-10H,(H3,22,23,24,25,26). The summed E-state index contributed by atoms with van der Waals surface area (Å²) in [6.07, 6.45) is -4.40. The molecule has 0 aliphatic heterocycles. The zero-order valence-electron chi connectivity index (χ0n) is 13.7. The van der Waals surface area contributed by atoms with E-state index in [0.717, 1.165) is 0 Å². The summed E-state index contributed by atoms with van der Waals surface area (Å²) >= 11 is 0. The van der Waals surface area contributed by atoms with Gasteiger partial charge in [0.15, 0.2) is 5.96 Å². The Labute approximate surface area is 151 Å². The summed E-state index contributed by atoms with van der Waals surface area (Å²) in [5.41, 5.74) is 7.38. The molecule has 0 aliphatic carbocycles. The topological polar surface area (TPSA) is 89.6 Å². The van der Waals surface area contributed by atoms with Crippen molar-refractivity contribution in [2.75, 3.05) is 0 Å². The fourth-order valence-electron chi connectivity index (χ4n) is 2.47. The van der Waals surface area contributed by atoms with Gasteiger partial charge < -0.3 is 10.5 Å². The lowest BCUT2D eigenvalue weighted by molar-refractivity contribution is -0.274. The molecule has 138 valence electrons. The van der Waals surface area contributed by atoms with Crippen molar-refractivity contribution < 1.29 is 22.7 Å². The van der Waals surface area contributed by atoms with Crippen LogP contribution < -0.4 is 15.8 Å². The predicted molar refractivity (Wildman–Crippen MR) is 94.3 cm³/mol. The molecule has 0 atom stereocenters. The van der Waals surface area contributed by atoms with E-state index >= 15 is 0 Å². The van der Waals surface area contributed by atoms with E-state index in [1.807, 2.05) is 0 Å². The van der Waals surface area contributed by atoms with E-state index in [1.54, 1.807) is 36.4 Å². The molecule has 0 saturated carbocycles. The number of ether oxygens (including phenoxy) is 1. The Balaban J connectivity index is 2.11. The molecule has 0 unspecified atom stereocenters. The molecule has 0 bridgehead atoms. The van der Waals surface area contributed by atoms with Crippen molar-refractivity contribution in [2.24, 2.45) is 10.7 Å². The first-order chi connectivity index (χ1) is 12.9. The maximum atomic E-state index is 12.5. The third-order valence-electron chi connectivity index (χ3n) is 3.51. The first kappa shape index (κ1) is 18.2. The number of hydrogen-bond acceptors (Lipinski definition) is 4. The van der Waals surface area contributed by atoms with Crippen LogP contribution in [0.2, 0.25) is 0 Å². The number of aliphatic imine (C=N–C) groups is 1. The van der Waals surface area contributed by atoms with Crippen molar-refractivity contribution in [3.05, 3.63) is 54.6 Å². The summed E-state index contributed by atoms with van der Waals surface area (Å²) in [7, 11) is 0. The average molecular weight is 374 g/mol. The Morgan fingerprint density at radius 2 is 1.93 bits per heavy atom. The molecule has 0 saturated heterocycles. The lowest BCUT2D eigenvalue weighted by Gasteiger charge is -2.11. The van der Waals surface area contributed by atoms with Crippen molar-refractivity contribution in [3.63, 3.8) is 0 Å². The number of nitrogens with zero attached hydrogens (tertiary/aromatic N) is 2. The highest BCUT2D eigenvalue weighted by atomic mass is 19.4. The smallest absolute Gasteiger partial charge is 0.406 e. The number of benzene rings is 2. The van der Waals surface area contributed by atoms with E-state index in [2.05, 4.69) is 20.0 Å². The highest BCUT2D eigenvalue weighted by molar-refractivity contribution is 5.97. The summed E-state index contributed by atoms with van der Waals surface area (Å²) < 4.78 is 41.3. The number of rotatable bonds is 4. The summed E-state index contributed by atoms with van der Waals surface area (Å²) in [5.74, 6) is -0.483. The highest BCUT2D eigenvalue weighted by Crippen LogP contribution is 2.32. The molecule has 0 spiro atoms. The van der Waals surface area contributed by atoms with E-state index < -0.39 is 6.36 Å². The number of pyridine rings is 1. The zero-order valence-corrected chi connectivity index (χ0v) is 13.7. The molecule has 9 heteroatoms. The number of halogens is 3. The van der Waals surface area contributed by atoms with Crippen LogP contribution >= 0.6 is 0 Å². The van der Waals surface area contributed by atoms with Gasteiger partial charge in [-0.15, -0.1) is 13.2 Å². The van der Waals surface area contributed by atoms with Crippen LogP contribution in [0.5, 0.6) is 5.75 Å². The van der Waals surface area contributed by atoms with Gasteiger partial charge in [-0.25, -0.2) is 9.98 Å². The van der Waals surface area contributed by atoms with E-state index in [1.165, 1.54) is 18.2 Å². The van der Waals surface area contributed by atoms with Crippen molar-refractivity contribution in [3.8, 4) is 17.0 Å². The third kappa shape index (κ3) is 4.51. The SMILES string of the molecule is NC(=Nc1cc(-c2cccc(OC(F)(F)F)c2)nc2ccccc12)NC=O. The Morgan fingerprint density at radius 1 is 1.15 bits per heavy atom. The number of aromatic nitrogens is 1. The summed E-state index contributed by atoms with van der Waals surface area (Å²) in [6.45, 7) is 0. The maximum absolute atomic E-state index is 12.5. The van der Waals surface area contributed by atoms with E-state index in [4.69, 9.17) is 5.73 Å². The minimum atomic E-state index is -4.79. The molecule has 0 fully saturated rings. The molecule has 3 N–H and O–H groups in total. The second-order valence-electron chi connectivity index (χ2n) is 5.38. The molecule has 1 aromatic heterocycles. The van der Waals surface area contributed by atoms with Crippen molar-refractivity contribution in [1.29, 1.82) is 0 Å². The molecule has 3 rings (SSSR count). The Morgan fingerprint density at radius 3 is 2.67 bits per heavy atom. The highest BCUT2D eigenvalue weighted by Gasteiger charge is 2.31. The molecule has 3 aromatic rings. The van der Waals surface area contributed by atoms with Gasteiger partial charge in [-0.1, -0.05) is 30.3 Å². The number of carbonyl (C=O) groups excluding carboxylic acids is 1. The molecular formula is C18H13F3N4O2. The van der Waals surface area contributed by atoms with Gasteiger partial charge in [-0.05, 0) is 24.3 Å². The number of nitrogens with one attached hydrogen (secondary N) is 1. The van der Waals surface area contributed by atoms with Gasteiger partial charge in [0, 0.05) is 10.9 Å². The van der Waals surface area contributed by atoms with Crippen LogP contribution in [0.1, 0.15) is 0 Å². The fraction of sp³-hybridized carbons (Fsp3) is 0.0556. The number of amides is 1. The third-order valence-corrected chi connectivity index (χ3v) is 3.51. The monoisotopic (exact) mass is 374 g/mol. The molecule has 1 amide bonds. The molecule has 2 aromatic carbocycles. The van der Waals surface area contributed by atoms with Gasteiger partial charge in [0.1, 0.15) is 5.75 Å². The number of hydrogen-bond donors (Lipinski definition) is 2. The van der Waals surface area contributed by atoms with Crippen LogP contribution in [-0.4, -0.2) is 23.7 Å². The normalized spacial score (nSPS) is 12.0. The molecule has 27 heavy (non-hydrogen) atoms. The minimum Gasteiger partial charge on any atom is -0.406 e. The molecule has 0 radical (unpaired) electrons. The predicted octanol–water partition coefficient (Wildman–Crippen LogP) is 3.49. The van der Waals surface area contributed by atoms with Crippen LogP contribution in [-0.2, 0) is 4.79 Å². The van der Waals surface area contributed by atoms with Crippen LogP contribution in [0.3, 0.4) is 0 Å². The van der Waals surface area contributed by atoms with Gasteiger partial charge >= 0.3 is 6.36 Å². The summed E-state index contributed by atoms with van der Waals surface area (Å²) in [4.78, 5) is 19.1. The Hall–Kier alpha value is -3.62. The van der Waals surface area contributed by atoms with Crippen LogP contribution in [0.25, 0.3) is 22.2 Å². The number of alkyl halides is 3. The van der Waals surface area contributed by atoms with Gasteiger partial charge in [0.05, 0.1) is 16.9 Å². The number of carbonyl (C=O) groups is 1. The quantitative estimate of drug-likeness (QED) is 0.416. The van der Waals surface area contributed by atoms with Crippen LogP contribution in [0, 0.1) is 0 Å². The largest absolute Gasteiger partial charge is 0.573 e. The molecule has 0 aliphatic rings. The lowest BCUT2D eigenvalue weighted by Crippen LogP contribution is -2.29. The van der Waals surface area contributed by atoms with E-state index in [0.29, 0.717) is 34.3 Å². The van der Waals surface area contributed by atoms with Crippen LogP contribution in [0.15, 0.2) is 59.6 Å². The maximum Gasteiger partial charge on any atom is 0.573 e. The van der Waals surface area contributed by atoms with Crippen LogP contribution in [0.4, 0.5) is 18.9 Å². The first-order valence-corrected chi connectivity index (χ1v) is 7.66. The second-order valence-corrected chi connectivity index (χ2v) is 5.38. The Kier molecular flexibility index (Phi) is 4.93. The first-order valence-electron chi connectivity index (χ1n) is 7.66. The van der Waals surface area contributed by atoms with Gasteiger partial charge in [-0.3, -0.25) is 10.1 Å². The number of nitrogens with two attached hydrogens (primary N) is 1. The number of guanidine groups is 1. The molecule has 6 nitrogen and oxygen atoms in total. The second kappa shape index (κ2) is 7.32. The zero-order chi connectivity index (χ0) is 19.4. The van der Waals surface area contributed by atoms with E-state index in [9.17, 15) is 18.0 Å². The average Bonchev–Trinajstić information content (AvgIpc) is 2.60. The Bertz CT molecular complexity index is 1020. The van der Waals surface area contributed by atoms with Gasteiger partial charge in [0.2, 0.25) is 6.41 Å². The number of fused-ring (bicyclic) bond motifs is 1. The molecular weight excluding hydrogens is 361 g/mol. The minimum absolute atomic E-state index is 0.124. The lowest BCUT2D eigenvalue weighted by atomic mass is 10.1. The van der Waals surface area contributed by atoms with Gasteiger partial charge in [0.25, 0.3) is 0 Å². The van der Waals surface area contributed by atoms with Gasteiger partial charge in [-0.2, -0.15) is 0 Å². The summed E-state index contributed by atoms with van der Waals surface area (Å²) in [5, 5.41) is 2.90. The van der Waals surface area contributed by atoms with Crippen molar-refractivity contribution >= 4 is 29.0 Å². The number of para-hydroxylation sites is 1. The van der Waals surface area contributed by atoms with E-state index in [-0.39, 0.29) is 11.7 Å². The molecule has 1 heterocycles. The van der Waals surface area contributed by atoms with Crippen molar-refractivity contribution in [2.45, 2.75) is 6.36 Å². The fourth-order valence-corrected chi connectivity index (χ4v) is 2.47. The van der Waals surface area contributed by atoms with Crippen molar-refractivity contribution in [1.82, 2.24) is 10.3 Å².